The Morgan fingerprint density at radius 1 is 0.842 bits per heavy atom. The van der Waals surface area contributed by atoms with Crippen LogP contribution >= 0.6 is 11.6 Å². The Balaban J connectivity index is 1.42. The Kier molecular flexibility index (Phi) is 20.3. The van der Waals surface area contributed by atoms with Crippen molar-refractivity contribution in [2.24, 2.45) is 5.73 Å². The van der Waals surface area contributed by atoms with Crippen LogP contribution in [0.15, 0.2) is 36.4 Å². The first-order valence-electron chi connectivity index (χ1n) is 19.6. The summed E-state index contributed by atoms with van der Waals surface area (Å²) >= 11 is 5.83. The fourth-order valence-electron chi connectivity index (χ4n) is 6.38. The van der Waals surface area contributed by atoms with Gasteiger partial charge >= 0.3 is 0 Å². The van der Waals surface area contributed by atoms with Crippen LogP contribution in [-0.2, 0) is 17.6 Å². The van der Waals surface area contributed by atoms with E-state index < -0.39 is 48.9 Å². The average molecular weight is 817 g/mol. The SMILES string of the molecule is CCCCCCN(CCCNC(CCc1ccc2cc(CCCCNC(=N)NC(=O)c3nc(Cl)c(N)nc3N)ccc2c1)C(N)=O)CC(O)C(O)C(O)C(O)CO. The third-order valence-electron chi connectivity index (χ3n) is 9.73. The highest BCUT2D eigenvalue weighted by atomic mass is 35.5. The van der Waals surface area contributed by atoms with Crippen LogP contribution in [0.25, 0.3) is 10.8 Å². The number of hydrogen-bond acceptors (Lipinski definition) is 14. The van der Waals surface area contributed by atoms with Crippen LogP contribution in [-0.4, -0.2) is 128 Å². The van der Waals surface area contributed by atoms with Crippen LogP contribution in [0.5, 0.6) is 0 Å². The van der Waals surface area contributed by atoms with Gasteiger partial charge in [0.1, 0.15) is 18.3 Å². The molecule has 17 nitrogen and oxygen atoms in total. The fourth-order valence-corrected chi connectivity index (χ4v) is 6.50. The normalized spacial score (nSPS) is 14.2. The molecule has 0 spiro atoms. The lowest BCUT2D eigenvalue weighted by Gasteiger charge is -2.30. The third-order valence-corrected chi connectivity index (χ3v) is 10.0. The van der Waals surface area contributed by atoms with E-state index in [9.17, 15) is 30.0 Å². The largest absolute Gasteiger partial charge is 0.394 e. The molecule has 5 unspecified atom stereocenters. The van der Waals surface area contributed by atoms with Gasteiger partial charge < -0.3 is 58.3 Å². The number of nitrogen functional groups attached to an aromatic ring is 2. The number of hydrogen-bond donors (Lipinski definition) is 12. The summed E-state index contributed by atoms with van der Waals surface area (Å²) in [6.45, 7) is 3.68. The Bertz CT molecular complexity index is 1740. The second-order valence-electron chi connectivity index (χ2n) is 14.3. The van der Waals surface area contributed by atoms with Gasteiger partial charge in [-0.3, -0.25) is 20.3 Å². The number of aryl methyl sites for hydroxylation is 2. The summed E-state index contributed by atoms with van der Waals surface area (Å²) in [6.07, 6.45) is 2.15. The van der Waals surface area contributed by atoms with Crippen molar-refractivity contribution >= 4 is 51.8 Å². The lowest BCUT2D eigenvalue weighted by atomic mass is 9.98. The van der Waals surface area contributed by atoms with E-state index in [1.165, 1.54) is 5.56 Å². The number of nitrogens with zero attached hydrogens (tertiary/aromatic N) is 3. The minimum Gasteiger partial charge on any atom is -0.394 e. The highest BCUT2D eigenvalue weighted by Gasteiger charge is 2.31. The quantitative estimate of drug-likeness (QED) is 0.0303. The molecule has 0 saturated carbocycles. The van der Waals surface area contributed by atoms with Gasteiger partial charge in [-0.1, -0.05) is 74.2 Å². The van der Waals surface area contributed by atoms with Crippen LogP contribution in [0.4, 0.5) is 11.6 Å². The van der Waals surface area contributed by atoms with E-state index in [1.807, 2.05) is 4.90 Å². The van der Waals surface area contributed by atoms with Gasteiger partial charge in [0.15, 0.2) is 28.4 Å². The van der Waals surface area contributed by atoms with Gasteiger partial charge in [0, 0.05) is 13.1 Å². The number of aromatic nitrogens is 2. The molecule has 1 aromatic heterocycles. The van der Waals surface area contributed by atoms with E-state index in [0.717, 1.165) is 61.3 Å². The number of carbonyl (C=O) groups excluding carboxylic acids is 2. The minimum atomic E-state index is -1.68. The molecule has 0 aliphatic carbocycles. The second-order valence-corrected chi connectivity index (χ2v) is 14.7. The number of primary amides is 1. The lowest BCUT2D eigenvalue weighted by Crippen LogP contribution is -2.50. The van der Waals surface area contributed by atoms with Crippen molar-refractivity contribution in [3.63, 3.8) is 0 Å². The van der Waals surface area contributed by atoms with Crippen molar-refractivity contribution < 1.29 is 35.1 Å². The van der Waals surface area contributed by atoms with Crippen molar-refractivity contribution in [3.05, 3.63) is 58.4 Å². The molecule has 18 heteroatoms. The molecule has 2 aromatic carbocycles. The molecular formula is C39H61ClN10O7. The maximum absolute atomic E-state index is 12.4. The highest BCUT2D eigenvalue weighted by Crippen LogP contribution is 2.21. The number of anilines is 2. The second kappa shape index (κ2) is 24.5. The van der Waals surface area contributed by atoms with E-state index in [0.29, 0.717) is 45.4 Å². The van der Waals surface area contributed by atoms with Crippen molar-refractivity contribution in [1.82, 2.24) is 30.8 Å². The summed E-state index contributed by atoms with van der Waals surface area (Å²) in [5, 5.41) is 68.2. The van der Waals surface area contributed by atoms with E-state index >= 15 is 0 Å². The average Bonchev–Trinajstić information content (AvgIpc) is 3.18. The van der Waals surface area contributed by atoms with Crippen molar-refractivity contribution in [1.29, 1.82) is 5.41 Å². The number of guanidine groups is 1. The van der Waals surface area contributed by atoms with Gasteiger partial charge in [-0.15, -0.1) is 0 Å². The number of rotatable bonds is 26. The number of aliphatic hydroxyl groups is 5. The van der Waals surface area contributed by atoms with Gasteiger partial charge in [-0.25, -0.2) is 9.97 Å². The molecule has 0 saturated heterocycles. The van der Waals surface area contributed by atoms with Gasteiger partial charge in [-0.2, -0.15) is 0 Å². The Morgan fingerprint density at radius 2 is 1.49 bits per heavy atom. The van der Waals surface area contributed by atoms with Crippen molar-refractivity contribution in [3.8, 4) is 0 Å². The lowest BCUT2D eigenvalue weighted by molar-refractivity contribution is -0.120. The van der Waals surface area contributed by atoms with Crippen LogP contribution < -0.4 is 33.2 Å². The van der Waals surface area contributed by atoms with E-state index in [1.54, 1.807) is 0 Å². The maximum atomic E-state index is 12.4. The number of halogens is 1. The molecule has 1 heterocycles. The predicted molar refractivity (Wildman–Crippen MR) is 222 cm³/mol. The van der Waals surface area contributed by atoms with Gasteiger partial charge in [0.25, 0.3) is 5.91 Å². The smallest absolute Gasteiger partial charge is 0.280 e. The molecule has 5 atom stereocenters. The molecule has 316 valence electrons. The number of benzene rings is 2. The maximum Gasteiger partial charge on any atom is 0.280 e. The number of amides is 2. The van der Waals surface area contributed by atoms with Crippen molar-refractivity contribution in [2.45, 2.75) is 102 Å². The molecule has 3 rings (SSSR count). The first-order valence-corrected chi connectivity index (χ1v) is 19.9. The molecule has 3 aromatic rings. The summed E-state index contributed by atoms with van der Waals surface area (Å²) in [7, 11) is 0. The van der Waals surface area contributed by atoms with E-state index in [4.69, 9.17) is 39.3 Å². The summed E-state index contributed by atoms with van der Waals surface area (Å²) in [4.78, 5) is 34.3. The van der Waals surface area contributed by atoms with Crippen LogP contribution in [0.1, 0.15) is 79.9 Å². The molecule has 0 aliphatic rings. The standard InChI is InChI=1S/C39H61ClN10O7/c1-2-3-4-7-18-50(22-29(52)32(54)33(55)30(53)23-51)19-8-17-45-28(37(43)56)15-12-25-11-14-26-20-24(10-13-27(26)21-25)9-5-6-16-46-39(44)49-38(57)31-35(41)48-36(42)34(40)47-31/h10-11,13-14,20-21,28-30,32-33,45,51-55H,2-9,12,15-19,22-23H2,1H3,(H2,43,56)(H4,41,42,48)(H3,44,46,49,57). The zero-order valence-corrected chi connectivity index (χ0v) is 33.4. The number of carbonyl (C=O) groups is 2. The first kappa shape index (κ1) is 47.2. The summed E-state index contributed by atoms with van der Waals surface area (Å²) in [5.74, 6) is -1.63. The van der Waals surface area contributed by atoms with Crippen LogP contribution in [0.3, 0.4) is 0 Å². The molecule has 15 N–H and O–H groups in total. The van der Waals surface area contributed by atoms with Crippen molar-refractivity contribution in [2.75, 3.05) is 50.8 Å². The minimum absolute atomic E-state index is 0.0781. The Hall–Kier alpha value is -4.20. The molecule has 2 amide bonds. The van der Waals surface area contributed by atoms with E-state index in [-0.39, 0.29) is 35.0 Å². The molecule has 0 radical (unpaired) electrons. The van der Waals surface area contributed by atoms with Crippen LogP contribution in [0.2, 0.25) is 5.15 Å². The Morgan fingerprint density at radius 3 is 2.14 bits per heavy atom. The number of nitrogens with one attached hydrogen (secondary N) is 4. The van der Waals surface area contributed by atoms with E-state index in [2.05, 4.69) is 69.2 Å². The molecule has 0 bridgehead atoms. The van der Waals surface area contributed by atoms with Gasteiger partial charge in [-0.05, 0) is 86.5 Å². The predicted octanol–water partition coefficient (Wildman–Crippen LogP) is 0.809. The number of aliphatic hydroxyl groups excluding tert-OH is 5. The first-order chi connectivity index (χ1) is 27.2. The summed E-state index contributed by atoms with van der Waals surface area (Å²) in [5.41, 5.74) is 19.0. The number of unbranched alkanes of at least 4 members (excludes halogenated alkanes) is 4. The van der Waals surface area contributed by atoms with Crippen LogP contribution in [0, 0.1) is 5.41 Å². The number of fused-ring (bicyclic) bond motifs is 1. The Labute approximate surface area is 338 Å². The number of nitrogens with two attached hydrogens (primary N) is 3. The molecule has 57 heavy (non-hydrogen) atoms. The highest BCUT2D eigenvalue weighted by molar-refractivity contribution is 6.31. The summed E-state index contributed by atoms with van der Waals surface area (Å²) < 4.78 is 0. The molecule has 0 fully saturated rings. The summed E-state index contributed by atoms with van der Waals surface area (Å²) in [6, 6.07) is 12.0. The molecule has 0 aliphatic heterocycles. The molecular weight excluding hydrogens is 756 g/mol. The zero-order chi connectivity index (χ0) is 41.9. The zero-order valence-electron chi connectivity index (χ0n) is 32.7. The van der Waals surface area contributed by atoms with Gasteiger partial charge in [0.2, 0.25) is 5.91 Å². The topological polar surface area (TPSA) is 302 Å². The third kappa shape index (κ3) is 15.9. The monoisotopic (exact) mass is 816 g/mol. The van der Waals surface area contributed by atoms with Gasteiger partial charge in [0.05, 0.1) is 18.8 Å². The fraction of sp³-hybridized carbons (Fsp3) is 0.564.